The molecule has 0 radical (unpaired) electrons. The number of nitro groups is 1. The number of halogens is 1. The van der Waals surface area contributed by atoms with Crippen molar-refractivity contribution in [3.63, 3.8) is 0 Å². The summed E-state index contributed by atoms with van der Waals surface area (Å²) < 4.78 is 52.7. The Morgan fingerprint density at radius 1 is 0.369 bits per heavy atom. The molecule has 4 fully saturated rings. The summed E-state index contributed by atoms with van der Waals surface area (Å²) in [6.45, 7) is 1.15. The highest BCUT2D eigenvalue weighted by molar-refractivity contribution is 6.67. The molecule has 12 atom stereocenters. The van der Waals surface area contributed by atoms with Gasteiger partial charge < -0.3 is 79.9 Å². The average Bonchev–Trinajstić information content (AvgIpc) is 1.61. The highest BCUT2D eigenvalue weighted by atomic mass is 35.5. The first-order valence-electron chi connectivity index (χ1n) is 46.2. The van der Waals surface area contributed by atoms with Gasteiger partial charge in [0.15, 0.2) is 70.3 Å². The van der Waals surface area contributed by atoms with E-state index in [9.17, 15) is 63.5 Å². The lowest BCUT2D eigenvalue weighted by molar-refractivity contribution is -0.394. The zero-order valence-electron chi connectivity index (χ0n) is 78.6. The molecule has 21 rings (SSSR count). The highest BCUT2D eigenvalue weighted by Gasteiger charge is 2.46. The van der Waals surface area contributed by atoms with Gasteiger partial charge in [0.25, 0.3) is 34.7 Å². The summed E-state index contributed by atoms with van der Waals surface area (Å²) in [5, 5.41) is 49.9. The van der Waals surface area contributed by atoms with Gasteiger partial charge in [-0.05, 0) is 130 Å². The van der Waals surface area contributed by atoms with Gasteiger partial charge in [0.1, 0.15) is 73.5 Å². The normalized spacial score (nSPS) is 18.9. The minimum Gasteiger partial charge on any atom is -0.459 e. The van der Waals surface area contributed by atoms with E-state index >= 15 is 0 Å². The van der Waals surface area contributed by atoms with Crippen LogP contribution in [0.1, 0.15) is 150 Å². The number of hydrogen-bond acceptors (Lipinski definition) is 37. The van der Waals surface area contributed by atoms with Crippen LogP contribution in [0.5, 0.6) is 0 Å². The van der Waals surface area contributed by atoms with Crippen LogP contribution in [0.4, 0.5) is 29.2 Å². The van der Waals surface area contributed by atoms with Crippen LogP contribution in [0.15, 0.2) is 311 Å². The molecule has 45 heteroatoms. The lowest BCUT2D eigenvalue weighted by Crippen LogP contribution is -2.38. The maximum Gasteiger partial charge on any atom is 0.473 e. The van der Waals surface area contributed by atoms with Gasteiger partial charge in [-0.1, -0.05) is 176 Å². The van der Waals surface area contributed by atoms with Gasteiger partial charge in [0, 0.05) is 53.5 Å². The van der Waals surface area contributed by atoms with Gasteiger partial charge in [-0.15, -0.1) is 0 Å². The molecule has 4 amide bonds. The van der Waals surface area contributed by atoms with Crippen molar-refractivity contribution in [3.8, 4) is 0 Å². The van der Waals surface area contributed by atoms with Gasteiger partial charge in [0.2, 0.25) is 5.65 Å². The van der Waals surface area contributed by atoms with Crippen LogP contribution in [0.25, 0.3) is 44.7 Å². The topological polar surface area (TPSA) is 584 Å². The number of ether oxygens (including phenoxy) is 8. The van der Waals surface area contributed by atoms with Crippen molar-refractivity contribution in [2.45, 2.75) is 106 Å². The summed E-state index contributed by atoms with van der Waals surface area (Å²) in [5.41, 5.74) is 16.1. The number of rotatable bonds is 24. The molecule has 0 unspecified atom stereocenters. The van der Waals surface area contributed by atoms with Crippen molar-refractivity contribution in [2.24, 2.45) is 0 Å². The van der Waals surface area contributed by atoms with E-state index in [4.69, 9.17) is 71.2 Å². The Kier molecular flexibility index (Phi) is 32.5. The summed E-state index contributed by atoms with van der Waals surface area (Å²) in [7, 11) is 0. The maximum absolute atomic E-state index is 14.0. The number of nitrogens with two attached hydrogens (primary N) is 2. The molecule has 8 N–H and O–H groups in total. The third-order valence-corrected chi connectivity index (χ3v) is 23.9. The number of aryl methyl sites for hydroxylation is 1. The van der Waals surface area contributed by atoms with Gasteiger partial charge in [-0.25, -0.2) is 78.8 Å². The number of imidazole rings is 4. The average molecular weight is 2040 g/mol. The highest BCUT2D eigenvalue weighted by Crippen LogP contribution is 2.41. The van der Waals surface area contributed by atoms with Crippen LogP contribution >= 0.6 is 11.6 Å². The Balaban J connectivity index is 0.000000143. The lowest BCUT2D eigenvalue weighted by atomic mass is 10.1. The first-order valence-corrected chi connectivity index (χ1v) is 46.6. The summed E-state index contributed by atoms with van der Waals surface area (Å²) in [6, 6.07) is 74.9. The largest absolute Gasteiger partial charge is 0.473 e. The van der Waals surface area contributed by atoms with Crippen LogP contribution in [-0.2, 0) is 37.9 Å². The van der Waals surface area contributed by atoms with E-state index in [2.05, 4.69) is 59.8 Å². The molecule has 8 aromatic heterocycles. The minimum absolute atomic E-state index is 0.0411. The minimum atomic E-state index is -1.20. The standard InChI is InChI=1S/C38H28N6O9.C38H29N5O7.C11H15N5O3.C10H13N5O3.C7H5ClO/c45-33(24-13-5-1-6-14-24)43(34(46)25-15-7-2-8-16-25)32-30-31(40-38(41-32)44(49)50)42(23-39-30)35-29(53-37(48)27-19-11-4-12-20-27)21-28(52-35)22-51-36(47)26-17-9-3-10-18-26;44-34(25-13-5-1-6-14-25)43(35(45)26-15-7-2-8-16-26)33-31-32(39-23-40-33)42(24-41-31)36-30(50-38(47)28-19-11-4-12-20-28)21-29(49-36)22-48-37(46)27-17-9-3-10-18-27;1-5-14-9(12)8-10(15-5)16(4-13-8)11-7(18)2-6(3-17)19-11;11-8-7-9(13-3-12-8)15(4-14-7)10-6(17)1-5(2-16)18-10;8-7(9)6-4-2-1-3-5-6/h1-20,23,28-29,35H,21-22H2;1-20,23-24,29-30,36H,21-22H2;4,6-7,11,17-18H,2-3H2,1H3,(H2,12,14,15);3-6,10,16-17H,1-2H2,(H2,11,12,13);1-5H/t28-,29-,35+;29-,30-,36+;6-,7-,11+;5-,6-,10+;/m0000./s1. The number of esters is 4. The SMILES string of the molecule is Cc1nc(N)c2ncn([C@@H]3O[C@H](CO)C[C@@H]3O)c2n1.Nc1ncnc2c1ncn2[C@@H]1O[C@H](CO)C[C@@H]1O.O=C(Cl)c1ccccc1.O=C(OC[C@@H]1C[C@H](OC(=O)c2ccccc2)[C@H](n2cnc3c(N(C(=O)c4ccccc4)C(=O)c4ccccc4)nc([N+](=O)[O-])nc32)O1)c1ccccc1.O=C(OC[C@@H]1C[C@H](OC(=O)c2ccccc2)[C@H](n2cnc3c(N(C(=O)c4ccccc4)C(=O)c4ccccc4)ncnc32)O1)c1ccccc1. The molecule has 4 saturated heterocycles. The Morgan fingerprint density at radius 3 is 1.05 bits per heavy atom. The number of aliphatic hydroxyl groups excluding tert-OH is 4. The van der Waals surface area contributed by atoms with Gasteiger partial charge in [0.05, 0.1) is 78.9 Å². The van der Waals surface area contributed by atoms with E-state index < -0.39 is 131 Å². The first kappa shape index (κ1) is 102. The van der Waals surface area contributed by atoms with E-state index in [-0.39, 0.29) is 113 Å². The monoisotopic (exact) mass is 2040 g/mol. The van der Waals surface area contributed by atoms with E-state index in [1.165, 1.54) is 66.8 Å². The van der Waals surface area contributed by atoms with Gasteiger partial charge >= 0.3 is 29.8 Å². The quantitative estimate of drug-likeness (QED) is 0.00817. The number of benzene rings is 9. The molecule has 17 aromatic rings. The number of aliphatic hydroxyl groups is 4. The number of nitrogen functional groups attached to an aromatic ring is 2. The van der Waals surface area contributed by atoms with Crippen LogP contribution in [0.3, 0.4) is 0 Å². The van der Waals surface area contributed by atoms with Crippen LogP contribution in [-0.4, -0.2) is 231 Å². The second kappa shape index (κ2) is 47.2. The second-order valence-corrected chi connectivity index (χ2v) is 33.9. The molecule has 4 aliphatic heterocycles. The lowest BCUT2D eigenvalue weighted by Gasteiger charge is -2.22. The van der Waals surface area contributed by atoms with E-state index in [0.717, 1.165) is 4.90 Å². The molecule has 4 aliphatic rings. The number of carbonyl (C=O) groups excluding carboxylic acids is 9. The summed E-state index contributed by atoms with van der Waals surface area (Å²) in [4.78, 5) is 182. The number of carbonyl (C=O) groups is 9. The first-order chi connectivity index (χ1) is 72.4. The van der Waals surface area contributed by atoms with E-state index in [1.807, 2.05) is 6.07 Å². The van der Waals surface area contributed by atoms with Crippen LogP contribution < -0.4 is 21.3 Å². The molecule has 0 bridgehead atoms. The van der Waals surface area contributed by atoms with Crippen molar-refractivity contribution < 1.29 is 106 Å². The predicted octanol–water partition coefficient (Wildman–Crippen LogP) is 11.7. The Labute approximate surface area is 849 Å². The Morgan fingerprint density at radius 2 is 0.678 bits per heavy atom. The smallest absolute Gasteiger partial charge is 0.459 e. The van der Waals surface area contributed by atoms with Crippen molar-refractivity contribution in [2.75, 3.05) is 47.7 Å². The van der Waals surface area contributed by atoms with Crippen molar-refractivity contribution in [1.82, 2.24) is 78.1 Å². The Hall–Kier alpha value is -18.0. The third-order valence-electron chi connectivity index (χ3n) is 23.6. The third kappa shape index (κ3) is 23.7. The molecular formula is C104H90ClN21O23. The molecule has 9 aromatic carbocycles. The van der Waals surface area contributed by atoms with E-state index in [1.54, 1.807) is 263 Å². The molecule has 44 nitrogen and oxygen atoms in total. The van der Waals surface area contributed by atoms with Gasteiger partial charge in [-0.2, -0.15) is 0 Å². The molecule has 0 aliphatic carbocycles. The maximum atomic E-state index is 14.0. The zero-order valence-corrected chi connectivity index (χ0v) is 79.4. The fourth-order valence-corrected chi connectivity index (χ4v) is 16.7. The fraction of sp³-hybridized carbons (Fsp3) is 0.202. The number of anilines is 4. The molecule has 0 spiro atoms. The zero-order chi connectivity index (χ0) is 104. The van der Waals surface area contributed by atoms with Crippen molar-refractivity contribution in [1.29, 1.82) is 0 Å². The molecule has 149 heavy (non-hydrogen) atoms. The van der Waals surface area contributed by atoms with Crippen LogP contribution in [0, 0.1) is 17.0 Å². The second-order valence-electron chi connectivity index (χ2n) is 33.6. The van der Waals surface area contributed by atoms with Crippen LogP contribution in [0.2, 0.25) is 0 Å². The Bertz CT molecular complexity index is 7560. The predicted molar refractivity (Wildman–Crippen MR) is 531 cm³/mol. The number of amides is 4. The number of aromatic nitrogens is 16. The molecular weight excluding hydrogens is 1950 g/mol. The number of hydrogen-bond donors (Lipinski definition) is 6. The van der Waals surface area contributed by atoms with Gasteiger partial charge in [-0.3, -0.25) is 42.2 Å². The summed E-state index contributed by atoms with van der Waals surface area (Å²) in [5.74, 6) is -5.56. The molecule has 12 heterocycles. The number of imide groups is 2. The molecule has 756 valence electrons. The summed E-state index contributed by atoms with van der Waals surface area (Å²) in [6.07, 6.45) is 0.317. The summed E-state index contributed by atoms with van der Waals surface area (Å²) >= 11 is 5.16. The molecule has 0 saturated carbocycles. The van der Waals surface area contributed by atoms with E-state index in [0.29, 0.717) is 74.0 Å². The number of fused-ring (bicyclic) bond motifs is 4. The van der Waals surface area contributed by atoms with Crippen molar-refractivity contribution >= 4 is 138 Å². The fourth-order valence-electron chi connectivity index (χ4n) is 16.5. The van der Waals surface area contributed by atoms with Crippen molar-refractivity contribution in [3.05, 3.63) is 377 Å². The number of nitrogens with zero attached hydrogens (tertiary/aromatic N) is 19.